The van der Waals surface area contributed by atoms with Crippen LogP contribution in [-0.2, 0) is 20.9 Å². The van der Waals surface area contributed by atoms with Gasteiger partial charge in [0.05, 0.1) is 5.92 Å². The molecule has 0 saturated carbocycles. The number of aryl methyl sites for hydroxylation is 1. The van der Waals surface area contributed by atoms with E-state index in [9.17, 15) is 19.5 Å². The predicted molar refractivity (Wildman–Crippen MR) is 99.7 cm³/mol. The third kappa shape index (κ3) is 4.53. The van der Waals surface area contributed by atoms with Gasteiger partial charge in [-0.3, -0.25) is 9.59 Å². The molecule has 1 heterocycles. The molecule has 0 spiro atoms. The van der Waals surface area contributed by atoms with Gasteiger partial charge in [0, 0.05) is 19.5 Å². The van der Waals surface area contributed by atoms with Gasteiger partial charge in [0.25, 0.3) is 0 Å². The number of carbonyl (C=O) groups excluding carboxylic acids is 2. The maximum Gasteiger partial charge on any atom is 0.330 e. The average molecular weight is 366 g/mol. The fraction of sp³-hybridized carbons (Fsp3) is 0.286. The number of likely N-dealkylation sites (tertiary alicyclic amines) is 1. The van der Waals surface area contributed by atoms with Crippen molar-refractivity contribution in [3.8, 4) is 0 Å². The Labute approximate surface area is 157 Å². The Kier molecular flexibility index (Phi) is 5.54. The number of hydrogen-bond acceptors (Lipinski definition) is 3. The zero-order valence-electron chi connectivity index (χ0n) is 15.1. The minimum absolute atomic E-state index is 0.0951. The van der Waals surface area contributed by atoms with E-state index in [2.05, 4.69) is 5.32 Å². The minimum Gasteiger partial charge on any atom is -0.479 e. The second kappa shape index (κ2) is 8.03. The number of carboxylic acids is 1. The van der Waals surface area contributed by atoms with Gasteiger partial charge in [-0.15, -0.1) is 0 Å². The standard InChI is InChI=1S/C21H22N2O4/c1-14-7-9-15(10-8-14)12-23-13-17(11-18(23)24)20(25)22-19(21(26)27)16-5-3-2-4-6-16/h2-10,17,19H,11-13H2,1H3,(H,22,25)(H,26,27)/t17?,19-/m0/s1. The van der Waals surface area contributed by atoms with Crippen LogP contribution in [0.15, 0.2) is 54.6 Å². The van der Waals surface area contributed by atoms with Gasteiger partial charge in [0.15, 0.2) is 6.04 Å². The molecule has 1 aliphatic rings. The second-order valence-electron chi connectivity index (χ2n) is 6.85. The molecule has 3 rings (SSSR count). The van der Waals surface area contributed by atoms with Crippen LogP contribution in [0.25, 0.3) is 0 Å². The molecule has 27 heavy (non-hydrogen) atoms. The topological polar surface area (TPSA) is 86.7 Å². The number of carboxylic acid groups (broad SMARTS) is 1. The van der Waals surface area contributed by atoms with Crippen LogP contribution in [0, 0.1) is 12.8 Å². The zero-order valence-corrected chi connectivity index (χ0v) is 15.1. The fourth-order valence-electron chi connectivity index (χ4n) is 3.21. The van der Waals surface area contributed by atoms with E-state index in [1.54, 1.807) is 35.2 Å². The molecule has 2 aromatic rings. The van der Waals surface area contributed by atoms with E-state index in [-0.39, 0.29) is 12.3 Å². The summed E-state index contributed by atoms with van der Waals surface area (Å²) in [6.45, 7) is 2.74. The lowest BCUT2D eigenvalue weighted by Crippen LogP contribution is -2.38. The summed E-state index contributed by atoms with van der Waals surface area (Å²) >= 11 is 0. The average Bonchev–Trinajstić information content (AvgIpc) is 3.02. The number of amides is 2. The van der Waals surface area contributed by atoms with E-state index in [0.717, 1.165) is 11.1 Å². The number of carbonyl (C=O) groups is 3. The number of nitrogens with zero attached hydrogens (tertiary/aromatic N) is 1. The lowest BCUT2D eigenvalue weighted by molar-refractivity contribution is -0.142. The number of nitrogens with one attached hydrogen (secondary N) is 1. The summed E-state index contributed by atoms with van der Waals surface area (Å²) in [6.07, 6.45) is 0.0961. The van der Waals surface area contributed by atoms with Crippen molar-refractivity contribution in [1.82, 2.24) is 10.2 Å². The van der Waals surface area contributed by atoms with Gasteiger partial charge in [-0.25, -0.2) is 4.79 Å². The molecule has 0 aromatic heterocycles. The molecule has 2 atom stereocenters. The van der Waals surface area contributed by atoms with Crippen LogP contribution >= 0.6 is 0 Å². The number of benzene rings is 2. The third-order valence-corrected chi connectivity index (χ3v) is 4.75. The van der Waals surface area contributed by atoms with Crippen molar-refractivity contribution >= 4 is 17.8 Å². The lowest BCUT2D eigenvalue weighted by atomic mass is 10.0. The Morgan fingerprint density at radius 1 is 1.15 bits per heavy atom. The van der Waals surface area contributed by atoms with Crippen LogP contribution in [0.3, 0.4) is 0 Å². The second-order valence-corrected chi connectivity index (χ2v) is 6.85. The fourth-order valence-corrected chi connectivity index (χ4v) is 3.21. The van der Waals surface area contributed by atoms with E-state index in [4.69, 9.17) is 0 Å². The van der Waals surface area contributed by atoms with E-state index in [1.165, 1.54) is 0 Å². The van der Waals surface area contributed by atoms with Crippen molar-refractivity contribution in [2.75, 3.05) is 6.54 Å². The first kappa shape index (κ1) is 18.6. The molecule has 2 N–H and O–H groups in total. The Hall–Kier alpha value is -3.15. The van der Waals surface area contributed by atoms with Crippen LogP contribution in [0.4, 0.5) is 0 Å². The van der Waals surface area contributed by atoms with Gasteiger partial charge in [0.1, 0.15) is 0 Å². The molecule has 1 unspecified atom stereocenters. The molecule has 2 aromatic carbocycles. The van der Waals surface area contributed by atoms with Crippen LogP contribution in [0.2, 0.25) is 0 Å². The molecular weight excluding hydrogens is 344 g/mol. The molecule has 1 fully saturated rings. The molecule has 2 amide bonds. The molecule has 1 aliphatic heterocycles. The highest BCUT2D eigenvalue weighted by Crippen LogP contribution is 2.22. The smallest absolute Gasteiger partial charge is 0.330 e. The number of aliphatic carboxylic acids is 1. The number of rotatable bonds is 6. The van der Waals surface area contributed by atoms with Gasteiger partial charge in [-0.05, 0) is 18.1 Å². The summed E-state index contributed by atoms with van der Waals surface area (Å²) < 4.78 is 0. The molecule has 6 nitrogen and oxygen atoms in total. The van der Waals surface area contributed by atoms with E-state index in [1.807, 2.05) is 31.2 Å². The molecule has 0 bridgehead atoms. The van der Waals surface area contributed by atoms with Crippen molar-refractivity contribution in [3.05, 3.63) is 71.3 Å². The third-order valence-electron chi connectivity index (χ3n) is 4.75. The van der Waals surface area contributed by atoms with Crippen LogP contribution < -0.4 is 5.32 Å². The van der Waals surface area contributed by atoms with Gasteiger partial charge >= 0.3 is 5.97 Å². The first-order valence-corrected chi connectivity index (χ1v) is 8.85. The van der Waals surface area contributed by atoms with Crippen LogP contribution in [0.1, 0.15) is 29.2 Å². The summed E-state index contributed by atoms with van der Waals surface area (Å²) in [5, 5.41) is 12.0. The van der Waals surface area contributed by atoms with E-state index >= 15 is 0 Å². The molecule has 0 aliphatic carbocycles. The highest BCUT2D eigenvalue weighted by molar-refractivity contribution is 5.91. The van der Waals surface area contributed by atoms with Crippen LogP contribution in [-0.4, -0.2) is 34.3 Å². The lowest BCUT2D eigenvalue weighted by Gasteiger charge is -2.19. The quantitative estimate of drug-likeness (QED) is 0.821. The van der Waals surface area contributed by atoms with Gasteiger partial charge in [-0.1, -0.05) is 60.2 Å². The van der Waals surface area contributed by atoms with Gasteiger partial charge in [0.2, 0.25) is 11.8 Å². The van der Waals surface area contributed by atoms with Gasteiger partial charge < -0.3 is 15.3 Å². The highest BCUT2D eigenvalue weighted by Gasteiger charge is 2.36. The molecule has 6 heteroatoms. The largest absolute Gasteiger partial charge is 0.479 e. The first-order valence-electron chi connectivity index (χ1n) is 8.85. The molecule has 140 valence electrons. The summed E-state index contributed by atoms with van der Waals surface area (Å²) in [5.41, 5.74) is 2.64. The van der Waals surface area contributed by atoms with Crippen LogP contribution in [0.5, 0.6) is 0 Å². The maximum atomic E-state index is 12.6. The Morgan fingerprint density at radius 3 is 2.44 bits per heavy atom. The van der Waals surface area contributed by atoms with Crippen molar-refractivity contribution in [3.63, 3.8) is 0 Å². The Morgan fingerprint density at radius 2 is 1.81 bits per heavy atom. The van der Waals surface area contributed by atoms with Crippen molar-refractivity contribution < 1.29 is 19.5 Å². The van der Waals surface area contributed by atoms with E-state index in [0.29, 0.717) is 18.7 Å². The maximum absolute atomic E-state index is 12.6. The monoisotopic (exact) mass is 366 g/mol. The Bertz CT molecular complexity index is 833. The SMILES string of the molecule is Cc1ccc(CN2CC(C(=O)N[C@H](C(=O)O)c3ccccc3)CC2=O)cc1. The summed E-state index contributed by atoms with van der Waals surface area (Å²) in [7, 11) is 0. The summed E-state index contributed by atoms with van der Waals surface area (Å²) in [5.74, 6) is -2.18. The predicted octanol–water partition coefficient (Wildman–Crippen LogP) is 2.29. The summed E-state index contributed by atoms with van der Waals surface area (Å²) in [4.78, 5) is 38.0. The van der Waals surface area contributed by atoms with Crippen molar-refractivity contribution in [1.29, 1.82) is 0 Å². The normalized spacial score (nSPS) is 17.6. The molecule has 1 saturated heterocycles. The molecular formula is C21H22N2O4. The zero-order chi connectivity index (χ0) is 19.4. The van der Waals surface area contributed by atoms with Crippen molar-refractivity contribution in [2.45, 2.75) is 25.9 Å². The highest BCUT2D eigenvalue weighted by atomic mass is 16.4. The molecule has 0 radical (unpaired) electrons. The minimum atomic E-state index is -1.13. The van der Waals surface area contributed by atoms with E-state index < -0.39 is 23.8 Å². The van der Waals surface area contributed by atoms with Crippen molar-refractivity contribution in [2.24, 2.45) is 5.92 Å². The van der Waals surface area contributed by atoms with Gasteiger partial charge in [-0.2, -0.15) is 0 Å². The first-order chi connectivity index (χ1) is 12.9. The summed E-state index contributed by atoms with van der Waals surface area (Å²) in [6, 6.07) is 15.3. The Balaban J connectivity index is 1.64. The number of hydrogen-bond donors (Lipinski definition) is 2.